The molecule has 2 aliphatic carbocycles. The van der Waals surface area contributed by atoms with Crippen molar-refractivity contribution in [2.75, 3.05) is 0 Å². The van der Waals surface area contributed by atoms with E-state index in [9.17, 15) is 0 Å². The van der Waals surface area contributed by atoms with Crippen molar-refractivity contribution < 1.29 is 0 Å². The Morgan fingerprint density at radius 3 is 0.823 bits per heavy atom. The van der Waals surface area contributed by atoms with Gasteiger partial charge in [0.05, 0.1) is 0 Å². The van der Waals surface area contributed by atoms with Gasteiger partial charge in [-0.25, -0.2) is 29.9 Å². The largest absolute Gasteiger partial charge is 0.208 e. The van der Waals surface area contributed by atoms with Gasteiger partial charge in [-0.05, 0) is 141 Å². The molecule has 12 aromatic carbocycles. The first kappa shape index (κ1) is 60.9. The number of hydrogen-bond acceptors (Lipinski definition) is 6. The fourth-order valence-electron chi connectivity index (χ4n) is 14.2. The summed E-state index contributed by atoms with van der Waals surface area (Å²) in [5, 5.41) is 0. The Morgan fingerprint density at radius 2 is 0.406 bits per heavy atom. The number of hydrogen-bond donors (Lipinski definition) is 0. The molecule has 0 atom stereocenters. The molecule has 0 radical (unpaired) electrons. The lowest BCUT2D eigenvalue weighted by Crippen LogP contribution is -2.43. The van der Waals surface area contributed by atoms with E-state index in [4.69, 9.17) is 29.9 Å². The van der Waals surface area contributed by atoms with Crippen LogP contribution >= 0.6 is 0 Å². The third kappa shape index (κ3) is 11.0. The monoisotopic (exact) mass is 1240 g/mol. The number of rotatable bonds is 10. The van der Waals surface area contributed by atoms with Gasteiger partial charge in [0.15, 0.2) is 34.9 Å². The molecule has 0 aliphatic heterocycles. The molecule has 16 rings (SSSR count). The highest BCUT2D eigenvalue weighted by Gasteiger charge is 2.47. The SMILES string of the molecule is CC1(C)c2ccccc2-c2cc(-c3ccccc3-c3cccc(-c4nc(-c5ccccc5)nc(-c5ccccc5)n4)c3)ccc2C1(C)C.CC1(C)c2ccccc2-c2ccc(-c3cccc(-c4cccc(-c5nc(-c6ccccc6)nc(-c6ccccc6)n5)c4)c3)cc2C1(C)C. The Morgan fingerprint density at radius 1 is 0.156 bits per heavy atom. The van der Waals surface area contributed by atoms with Crippen LogP contribution in [0.15, 0.2) is 303 Å². The molecular formula is C90H74N6. The quantitative estimate of drug-likeness (QED) is 0.136. The van der Waals surface area contributed by atoms with Gasteiger partial charge in [0, 0.05) is 33.4 Å². The van der Waals surface area contributed by atoms with Crippen LogP contribution in [-0.4, -0.2) is 29.9 Å². The molecule has 0 amide bonds. The van der Waals surface area contributed by atoms with Gasteiger partial charge in [-0.1, -0.05) is 328 Å². The zero-order chi connectivity index (χ0) is 65.8. The molecule has 464 valence electrons. The van der Waals surface area contributed by atoms with Gasteiger partial charge < -0.3 is 0 Å². The van der Waals surface area contributed by atoms with Crippen molar-refractivity contribution in [3.63, 3.8) is 0 Å². The molecule has 6 nitrogen and oxygen atoms in total. The molecule has 2 aliphatic rings. The first-order valence-corrected chi connectivity index (χ1v) is 33.2. The van der Waals surface area contributed by atoms with Gasteiger partial charge in [0.25, 0.3) is 0 Å². The molecular weight excluding hydrogens is 1170 g/mol. The summed E-state index contributed by atoms with van der Waals surface area (Å²) in [5.41, 5.74) is 26.0. The highest BCUT2D eigenvalue weighted by Crippen LogP contribution is 2.56. The van der Waals surface area contributed by atoms with Gasteiger partial charge in [0.1, 0.15) is 0 Å². The summed E-state index contributed by atoms with van der Waals surface area (Å²) in [6, 6.07) is 107. The maximum Gasteiger partial charge on any atom is 0.164 e. The summed E-state index contributed by atoms with van der Waals surface area (Å²) in [6.45, 7) is 19.1. The van der Waals surface area contributed by atoms with Crippen LogP contribution in [0, 0.1) is 0 Å². The van der Waals surface area contributed by atoms with Crippen molar-refractivity contribution >= 4 is 0 Å². The van der Waals surface area contributed by atoms with Crippen molar-refractivity contribution in [1.29, 1.82) is 0 Å². The number of aromatic nitrogens is 6. The van der Waals surface area contributed by atoms with Gasteiger partial charge in [-0.15, -0.1) is 0 Å². The number of nitrogens with zero attached hydrogens (tertiary/aromatic N) is 6. The molecule has 0 spiro atoms. The van der Waals surface area contributed by atoms with Gasteiger partial charge in [-0.2, -0.15) is 0 Å². The summed E-state index contributed by atoms with van der Waals surface area (Å²) >= 11 is 0. The first-order valence-electron chi connectivity index (χ1n) is 33.2. The molecule has 0 saturated heterocycles. The Labute approximate surface area is 564 Å². The zero-order valence-electron chi connectivity index (χ0n) is 55.6. The molecule has 0 fully saturated rings. The fourth-order valence-corrected chi connectivity index (χ4v) is 14.2. The summed E-state index contributed by atoms with van der Waals surface area (Å²) in [7, 11) is 0. The minimum atomic E-state index is -0.0413. The van der Waals surface area contributed by atoms with E-state index in [1.807, 2.05) is 121 Å². The minimum absolute atomic E-state index is 0.00619. The van der Waals surface area contributed by atoms with Crippen molar-refractivity contribution in [2.24, 2.45) is 0 Å². The van der Waals surface area contributed by atoms with E-state index in [1.54, 1.807) is 0 Å². The second-order valence-electron chi connectivity index (χ2n) is 27.5. The fraction of sp³-hybridized carbons (Fsp3) is 0.133. The topological polar surface area (TPSA) is 77.3 Å². The molecule has 96 heavy (non-hydrogen) atoms. The predicted octanol–water partition coefficient (Wildman–Crippen LogP) is 22.9. The van der Waals surface area contributed by atoms with Crippen LogP contribution in [0.1, 0.15) is 77.6 Å². The van der Waals surface area contributed by atoms with Crippen LogP contribution in [0.3, 0.4) is 0 Å². The highest BCUT2D eigenvalue weighted by molar-refractivity contribution is 5.89. The molecule has 0 saturated carbocycles. The van der Waals surface area contributed by atoms with E-state index >= 15 is 0 Å². The Balaban J connectivity index is 0.000000158. The predicted molar refractivity (Wildman–Crippen MR) is 397 cm³/mol. The minimum Gasteiger partial charge on any atom is -0.208 e. The Bertz CT molecular complexity index is 5110. The number of fused-ring (bicyclic) bond motifs is 6. The second-order valence-corrected chi connectivity index (χ2v) is 27.5. The summed E-state index contributed by atoms with van der Waals surface area (Å²) in [5.74, 6) is 3.94. The van der Waals surface area contributed by atoms with Crippen LogP contribution < -0.4 is 0 Å². The molecule has 2 heterocycles. The molecule has 2 aromatic heterocycles. The van der Waals surface area contributed by atoms with E-state index in [-0.39, 0.29) is 21.7 Å². The number of benzene rings is 12. The van der Waals surface area contributed by atoms with Crippen molar-refractivity contribution in [3.8, 4) is 135 Å². The van der Waals surface area contributed by atoms with E-state index in [0.29, 0.717) is 34.9 Å². The Hall–Kier alpha value is -11.3. The molecule has 14 aromatic rings. The van der Waals surface area contributed by atoms with Gasteiger partial charge >= 0.3 is 0 Å². The average Bonchev–Trinajstić information content (AvgIpc) is 0.720. The maximum absolute atomic E-state index is 4.99. The van der Waals surface area contributed by atoms with Crippen LogP contribution in [0.4, 0.5) is 0 Å². The lowest BCUT2D eigenvalue weighted by atomic mass is 9.55. The van der Waals surface area contributed by atoms with Crippen molar-refractivity contribution in [3.05, 3.63) is 326 Å². The molecule has 0 bridgehead atoms. The van der Waals surface area contributed by atoms with Gasteiger partial charge in [0.2, 0.25) is 0 Å². The Kier molecular flexibility index (Phi) is 15.6. The van der Waals surface area contributed by atoms with E-state index in [2.05, 4.69) is 237 Å². The average molecular weight is 1240 g/mol. The van der Waals surface area contributed by atoms with E-state index < -0.39 is 0 Å². The van der Waals surface area contributed by atoms with Gasteiger partial charge in [-0.3, -0.25) is 0 Å². The van der Waals surface area contributed by atoms with Crippen LogP contribution in [0.2, 0.25) is 0 Å². The first-order chi connectivity index (χ1) is 46.6. The third-order valence-corrected chi connectivity index (χ3v) is 21.0. The lowest BCUT2D eigenvalue weighted by Gasteiger charge is -2.48. The molecule has 0 unspecified atom stereocenters. The van der Waals surface area contributed by atoms with Crippen LogP contribution in [0.5, 0.6) is 0 Å². The zero-order valence-corrected chi connectivity index (χ0v) is 55.6. The molecule has 6 heteroatoms. The summed E-state index contributed by atoms with van der Waals surface area (Å²) in [4.78, 5) is 29.6. The summed E-state index contributed by atoms with van der Waals surface area (Å²) in [6.07, 6.45) is 0. The second kappa shape index (κ2) is 24.5. The van der Waals surface area contributed by atoms with E-state index in [1.165, 1.54) is 72.3 Å². The van der Waals surface area contributed by atoms with Crippen LogP contribution in [0.25, 0.3) is 135 Å². The summed E-state index contributed by atoms with van der Waals surface area (Å²) < 4.78 is 0. The van der Waals surface area contributed by atoms with Crippen molar-refractivity contribution in [2.45, 2.75) is 77.0 Å². The van der Waals surface area contributed by atoms with E-state index in [0.717, 1.165) is 50.1 Å². The highest BCUT2D eigenvalue weighted by atomic mass is 15.0. The smallest absolute Gasteiger partial charge is 0.164 e. The van der Waals surface area contributed by atoms with Crippen LogP contribution in [-0.2, 0) is 21.7 Å². The lowest BCUT2D eigenvalue weighted by molar-refractivity contribution is 0.299. The third-order valence-electron chi connectivity index (χ3n) is 21.0. The molecule has 0 N–H and O–H groups in total. The van der Waals surface area contributed by atoms with Crippen molar-refractivity contribution in [1.82, 2.24) is 29.9 Å². The standard InChI is InChI=1S/2C45H37N3/c1-44(2)39-24-12-11-23-37(39)38-26-25-35(29-40(38)45(44,3)4)33-20-13-19-32(27-33)34-21-14-22-36(28-34)43-47-41(30-15-7-5-8-16-30)46-42(48-43)31-17-9-6-10-18-31;1-44(2)39-25-14-13-24-37(39)38-29-33(26-27-40(38)45(44,3)4)36-23-12-11-22-35(36)32-20-15-21-34(28-32)43-47-41(30-16-7-5-8-17-30)46-42(48-43)31-18-9-6-10-19-31/h2*5-29H,1-4H3. The maximum atomic E-state index is 4.99. The normalized spacial score (nSPS) is 14.2.